The molecule has 5 heteroatoms. The predicted molar refractivity (Wildman–Crippen MR) is 86.0 cm³/mol. The Hall–Kier alpha value is -1.62. The quantitative estimate of drug-likeness (QED) is 0.744. The maximum absolute atomic E-state index is 12.5. The highest BCUT2D eigenvalue weighted by Gasteiger charge is 2.17. The lowest BCUT2D eigenvalue weighted by Crippen LogP contribution is -2.10. The van der Waals surface area contributed by atoms with Crippen molar-refractivity contribution in [3.05, 3.63) is 45.7 Å². The summed E-state index contributed by atoms with van der Waals surface area (Å²) in [6, 6.07) is 7.31. The number of rotatable bonds is 6. The molecule has 0 saturated heterocycles. The van der Waals surface area contributed by atoms with Gasteiger partial charge in [0.05, 0.1) is 28.9 Å². The number of ketones is 1. The highest BCUT2D eigenvalue weighted by Crippen LogP contribution is 2.23. The van der Waals surface area contributed by atoms with Crippen LogP contribution in [0.15, 0.2) is 28.7 Å². The summed E-state index contributed by atoms with van der Waals surface area (Å²) in [6.07, 6.45) is 0.324. The van der Waals surface area contributed by atoms with Crippen molar-refractivity contribution in [3.8, 4) is 5.75 Å². The molecule has 0 aliphatic heterocycles. The van der Waals surface area contributed by atoms with Gasteiger partial charge in [-0.05, 0) is 48.8 Å². The van der Waals surface area contributed by atoms with Gasteiger partial charge in [0.25, 0.3) is 0 Å². The van der Waals surface area contributed by atoms with Crippen LogP contribution in [0.4, 0.5) is 0 Å². The van der Waals surface area contributed by atoms with E-state index in [2.05, 4.69) is 21.0 Å². The highest BCUT2D eigenvalue weighted by molar-refractivity contribution is 9.10. The van der Waals surface area contributed by atoms with Crippen LogP contribution in [0.25, 0.3) is 0 Å². The van der Waals surface area contributed by atoms with Gasteiger partial charge in [-0.25, -0.2) is 0 Å². The molecule has 4 nitrogen and oxygen atoms in total. The molecule has 0 unspecified atom stereocenters. The average Bonchev–Trinajstić information content (AvgIpc) is 2.75. The third kappa shape index (κ3) is 3.53. The summed E-state index contributed by atoms with van der Waals surface area (Å²) in [6.45, 7) is 7.20. The Bertz CT molecular complexity index is 650. The molecule has 0 aliphatic carbocycles. The predicted octanol–water partition coefficient (Wildman–Crippen LogP) is 3.80. The number of hydrogen-bond acceptors (Lipinski definition) is 3. The van der Waals surface area contributed by atoms with E-state index in [1.165, 1.54) is 0 Å². The molecule has 0 saturated carbocycles. The van der Waals surface area contributed by atoms with Crippen molar-refractivity contribution in [1.82, 2.24) is 9.78 Å². The second-order valence-corrected chi connectivity index (χ2v) is 5.52. The fourth-order valence-corrected chi connectivity index (χ4v) is 2.64. The number of aromatic nitrogens is 2. The number of carbonyl (C=O) groups excluding carboxylic acids is 1. The topological polar surface area (TPSA) is 44.1 Å². The van der Waals surface area contributed by atoms with Crippen LogP contribution in [0.3, 0.4) is 0 Å². The number of nitrogens with zero attached hydrogens (tertiary/aromatic N) is 2. The molecule has 0 N–H and O–H groups in total. The van der Waals surface area contributed by atoms with Crippen molar-refractivity contribution in [3.63, 3.8) is 0 Å². The van der Waals surface area contributed by atoms with Crippen LogP contribution in [0.2, 0.25) is 0 Å². The fourth-order valence-electron chi connectivity index (χ4n) is 2.22. The number of halogens is 1. The Kier molecular flexibility index (Phi) is 5.17. The molecule has 0 bridgehead atoms. The zero-order valence-corrected chi connectivity index (χ0v) is 14.1. The first-order valence-electron chi connectivity index (χ1n) is 7.04. The van der Waals surface area contributed by atoms with Gasteiger partial charge in [0.1, 0.15) is 5.75 Å². The van der Waals surface area contributed by atoms with Crippen molar-refractivity contribution < 1.29 is 9.53 Å². The molecule has 0 aliphatic rings. The number of aryl methyl sites for hydroxylation is 2. The Morgan fingerprint density at radius 3 is 2.81 bits per heavy atom. The van der Waals surface area contributed by atoms with Crippen molar-refractivity contribution in [1.29, 1.82) is 0 Å². The first-order valence-corrected chi connectivity index (χ1v) is 7.84. The van der Waals surface area contributed by atoms with E-state index in [1.54, 1.807) is 6.07 Å². The summed E-state index contributed by atoms with van der Waals surface area (Å²) in [4.78, 5) is 12.5. The van der Waals surface area contributed by atoms with Gasteiger partial charge in [0.2, 0.25) is 0 Å². The molecule has 0 amide bonds. The lowest BCUT2D eigenvalue weighted by Gasteiger charge is -2.07. The summed E-state index contributed by atoms with van der Waals surface area (Å²) in [7, 11) is 0. The van der Waals surface area contributed by atoms with Crippen molar-refractivity contribution in [2.24, 2.45) is 0 Å². The largest absolute Gasteiger partial charge is 0.494 e. The van der Waals surface area contributed by atoms with Crippen LogP contribution in [0.1, 0.15) is 35.6 Å². The summed E-state index contributed by atoms with van der Waals surface area (Å²) in [5, 5.41) is 4.42. The monoisotopic (exact) mass is 350 g/mol. The normalized spacial score (nSPS) is 10.7. The van der Waals surface area contributed by atoms with Crippen LogP contribution in [-0.2, 0) is 13.0 Å². The number of ether oxygens (including phenoxy) is 1. The number of Topliss-reactive ketones (excluding diaryl/α,β-unsaturated/α-hetero) is 1. The van der Waals surface area contributed by atoms with E-state index in [0.717, 1.165) is 28.2 Å². The van der Waals surface area contributed by atoms with Gasteiger partial charge < -0.3 is 4.74 Å². The molecule has 2 rings (SSSR count). The minimum absolute atomic E-state index is 0.0619. The molecular weight excluding hydrogens is 332 g/mol. The van der Waals surface area contributed by atoms with E-state index < -0.39 is 0 Å². The van der Waals surface area contributed by atoms with Crippen LogP contribution < -0.4 is 4.74 Å². The van der Waals surface area contributed by atoms with E-state index in [1.807, 2.05) is 43.7 Å². The summed E-state index contributed by atoms with van der Waals surface area (Å²) < 4.78 is 8.22. The van der Waals surface area contributed by atoms with Gasteiger partial charge in [0.15, 0.2) is 5.78 Å². The third-order valence-corrected chi connectivity index (χ3v) is 4.28. The maximum atomic E-state index is 12.5. The Morgan fingerprint density at radius 1 is 1.38 bits per heavy atom. The number of hydrogen-bond donors (Lipinski definition) is 0. The number of benzene rings is 1. The Balaban J connectivity index is 2.24. The van der Waals surface area contributed by atoms with Crippen LogP contribution in [0.5, 0.6) is 5.75 Å². The summed E-state index contributed by atoms with van der Waals surface area (Å²) in [5.74, 6) is 0.787. The molecule has 1 heterocycles. The molecule has 1 aromatic heterocycles. The van der Waals surface area contributed by atoms with E-state index in [4.69, 9.17) is 4.74 Å². The standard InChI is InChI=1S/C16H19BrN2O2/c1-4-19-14(16(17)11(3)18-19)10-15(20)12-7-6-8-13(9-12)21-5-2/h6-9H,4-5,10H2,1-3H3. The molecule has 0 atom stereocenters. The third-order valence-electron chi connectivity index (χ3n) is 3.25. The summed E-state index contributed by atoms with van der Waals surface area (Å²) >= 11 is 3.52. The van der Waals surface area contributed by atoms with Gasteiger partial charge >= 0.3 is 0 Å². The second kappa shape index (κ2) is 6.89. The second-order valence-electron chi connectivity index (χ2n) is 4.72. The van der Waals surface area contributed by atoms with E-state index >= 15 is 0 Å². The van der Waals surface area contributed by atoms with Crippen LogP contribution in [-0.4, -0.2) is 22.2 Å². The van der Waals surface area contributed by atoms with Crippen LogP contribution >= 0.6 is 15.9 Å². The zero-order valence-electron chi connectivity index (χ0n) is 12.5. The molecule has 21 heavy (non-hydrogen) atoms. The van der Waals surface area contributed by atoms with E-state index in [9.17, 15) is 4.79 Å². The molecule has 0 spiro atoms. The van der Waals surface area contributed by atoms with Gasteiger partial charge in [-0.1, -0.05) is 12.1 Å². The molecule has 2 aromatic rings. The van der Waals surface area contributed by atoms with Crippen molar-refractivity contribution in [2.75, 3.05) is 6.61 Å². The first-order chi connectivity index (χ1) is 10.1. The van der Waals surface area contributed by atoms with Gasteiger partial charge in [-0.2, -0.15) is 5.10 Å². The molecule has 0 radical (unpaired) electrons. The van der Waals surface area contributed by atoms with E-state index in [-0.39, 0.29) is 5.78 Å². The lowest BCUT2D eigenvalue weighted by atomic mass is 10.1. The van der Waals surface area contributed by atoms with Gasteiger partial charge in [-0.3, -0.25) is 9.48 Å². The smallest absolute Gasteiger partial charge is 0.168 e. The van der Waals surface area contributed by atoms with Crippen molar-refractivity contribution in [2.45, 2.75) is 33.7 Å². The van der Waals surface area contributed by atoms with Gasteiger partial charge in [0, 0.05) is 12.1 Å². The summed E-state index contributed by atoms with van der Waals surface area (Å²) in [5.41, 5.74) is 2.49. The maximum Gasteiger partial charge on any atom is 0.168 e. The van der Waals surface area contributed by atoms with E-state index in [0.29, 0.717) is 18.6 Å². The number of carbonyl (C=O) groups is 1. The SMILES string of the molecule is CCOc1cccc(C(=O)Cc2c(Br)c(C)nn2CC)c1. The Labute approximate surface area is 133 Å². The Morgan fingerprint density at radius 2 is 2.14 bits per heavy atom. The minimum atomic E-state index is 0.0619. The molecular formula is C16H19BrN2O2. The molecule has 112 valence electrons. The zero-order chi connectivity index (χ0) is 15.4. The molecule has 0 fully saturated rings. The van der Waals surface area contributed by atoms with Crippen molar-refractivity contribution >= 4 is 21.7 Å². The molecule has 1 aromatic carbocycles. The fraction of sp³-hybridized carbons (Fsp3) is 0.375. The first kappa shape index (κ1) is 15.8. The lowest BCUT2D eigenvalue weighted by molar-refractivity contribution is 0.0990. The van der Waals surface area contributed by atoms with Gasteiger partial charge in [-0.15, -0.1) is 0 Å². The average molecular weight is 351 g/mol. The van der Waals surface area contributed by atoms with Crippen LogP contribution in [0, 0.1) is 6.92 Å². The minimum Gasteiger partial charge on any atom is -0.494 e. The highest BCUT2D eigenvalue weighted by atomic mass is 79.9.